The van der Waals surface area contributed by atoms with Crippen molar-refractivity contribution in [2.75, 3.05) is 19.7 Å². The number of hydrogen-bond acceptors (Lipinski definition) is 4. The molecule has 1 saturated heterocycles. The van der Waals surface area contributed by atoms with E-state index in [4.69, 9.17) is 11.6 Å². The summed E-state index contributed by atoms with van der Waals surface area (Å²) in [5.74, 6) is 0.427. The van der Waals surface area contributed by atoms with Gasteiger partial charge in [-0.25, -0.2) is 4.98 Å². The lowest BCUT2D eigenvalue weighted by Crippen LogP contribution is -2.21. The summed E-state index contributed by atoms with van der Waals surface area (Å²) in [7, 11) is 0. The second kappa shape index (κ2) is 6.22. The predicted octanol–water partition coefficient (Wildman–Crippen LogP) is 3.28. The first kappa shape index (κ1) is 14.0. The summed E-state index contributed by atoms with van der Waals surface area (Å²) in [5.41, 5.74) is 2.09. The average molecular weight is 309 g/mol. The second-order valence-electron chi connectivity index (χ2n) is 5.20. The Morgan fingerprint density at radius 3 is 3.00 bits per heavy atom. The van der Waals surface area contributed by atoms with Crippen molar-refractivity contribution < 1.29 is 5.11 Å². The molecule has 1 aromatic heterocycles. The van der Waals surface area contributed by atoms with Gasteiger partial charge in [-0.3, -0.25) is 4.90 Å². The number of hydrogen-bond donors (Lipinski definition) is 1. The van der Waals surface area contributed by atoms with Crippen LogP contribution in [0.1, 0.15) is 12.1 Å². The molecule has 1 aliphatic rings. The SMILES string of the molecule is OCC1CCN(Cc2csc(-c3ccccc3Cl)n2)C1. The lowest BCUT2D eigenvalue weighted by atomic mass is 10.1. The van der Waals surface area contributed by atoms with Crippen molar-refractivity contribution in [1.82, 2.24) is 9.88 Å². The molecule has 0 aliphatic carbocycles. The fourth-order valence-corrected chi connectivity index (χ4v) is 3.70. The molecule has 3 rings (SSSR count). The molecule has 5 heteroatoms. The second-order valence-corrected chi connectivity index (χ2v) is 6.46. The molecule has 0 amide bonds. The van der Waals surface area contributed by atoms with Crippen molar-refractivity contribution in [2.45, 2.75) is 13.0 Å². The molecule has 3 nitrogen and oxygen atoms in total. The van der Waals surface area contributed by atoms with Gasteiger partial charge in [0, 0.05) is 30.6 Å². The standard InChI is InChI=1S/C15H17ClN2OS/c16-14-4-2-1-3-13(14)15-17-12(10-20-15)8-18-6-5-11(7-18)9-19/h1-4,10-11,19H,5-9H2. The lowest BCUT2D eigenvalue weighted by Gasteiger charge is -2.13. The third-order valence-electron chi connectivity index (χ3n) is 3.67. The summed E-state index contributed by atoms with van der Waals surface area (Å²) in [5, 5.41) is 13.0. The van der Waals surface area contributed by atoms with Crippen LogP contribution in [0.15, 0.2) is 29.6 Å². The first-order valence-corrected chi connectivity index (χ1v) is 8.04. The summed E-state index contributed by atoms with van der Waals surface area (Å²) >= 11 is 7.84. The molecule has 1 atom stereocenters. The van der Waals surface area contributed by atoms with E-state index in [9.17, 15) is 5.11 Å². The largest absolute Gasteiger partial charge is 0.396 e. The van der Waals surface area contributed by atoms with Gasteiger partial charge in [-0.1, -0.05) is 29.8 Å². The third-order valence-corrected chi connectivity index (χ3v) is 4.92. The third kappa shape index (κ3) is 3.04. The first-order chi connectivity index (χ1) is 9.76. The number of nitrogens with zero attached hydrogens (tertiary/aromatic N) is 2. The topological polar surface area (TPSA) is 36.4 Å². The predicted molar refractivity (Wildman–Crippen MR) is 83.0 cm³/mol. The molecule has 0 radical (unpaired) electrons. The Balaban J connectivity index is 1.70. The highest BCUT2D eigenvalue weighted by atomic mass is 35.5. The molecule has 1 aliphatic heterocycles. The minimum Gasteiger partial charge on any atom is -0.396 e. The van der Waals surface area contributed by atoms with Gasteiger partial charge < -0.3 is 5.11 Å². The van der Waals surface area contributed by atoms with E-state index in [0.29, 0.717) is 12.5 Å². The molecule has 20 heavy (non-hydrogen) atoms. The van der Waals surface area contributed by atoms with Crippen LogP contribution in [-0.4, -0.2) is 34.7 Å². The van der Waals surface area contributed by atoms with Crippen molar-refractivity contribution in [3.05, 3.63) is 40.4 Å². The highest BCUT2D eigenvalue weighted by molar-refractivity contribution is 7.13. The van der Waals surface area contributed by atoms with Crippen molar-refractivity contribution >= 4 is 22.9 Å². The molecule has 106 valence electrons. The zero-order chi connectivity index (χ0) is 13.9. The van der Waals surface area contributed by atoms with Gasteiger partial charge in [0.25, 0.3) is 0 Å². The summed E-state index contributed by atoms with van der Waals surface area (Å²) < 4.78 is 0. The minimum atomic E-state index is 0.290. The number of likely N-dealkylation sites (tertiary alicyclic amines) is 1. The Hall–Kier alpha value is -0.940. The fourth-order valence-electron chi connectivity index (χ4n) is 2.57. The maximum atomic E-state index is 9.18. The van der Waals surface area contributed by atoms with E-state index in [1.165, 1.54) is 0 Å². The van der Waals surface area contributed by atoms with E-state index in [0.717, 1.165) is 47.3 Å². The Bertz CT molecular complexity index is 587. The maximum absolute atomic E-state index is 9.18. The highest BCUT2D eigenvalue weighted by Crippen LogP contribution is 2.30. The van der Waals surface area contributed by atoms with Crippen molar-refractivity contribution in [2.24, 2.45) is 5.92 Å². The van der Waals surface area contributed by atoms with Crippen LogP contribution >= 0.6 is 22.9 Å². The van der Waals surface area contributed by atoms with Crippen LogP contribution < -0.4 is 0 Å². The maximum Gasteiger partial charge on any atom is 0.125 e. The zero-order valence-corrected chi connectivity index (χ0v) is 12.7. The Morgan fingerprint density at radius 2 is 2.25 bits per heavy atom. The van der Waals surface area contributed by atoms with E-state index < -0.39 is 0 Å². The van der Waals surface area contributed by atoms with E-state index in [-0.39, 0.29) is 0 Å². The molecule has 2 heterocycles. The molecule has 2 aromatic rings. The number of halogens is 1. The van der Waals surface area contributed by atoms with Crippen molar-refractivity contribution in [1.29, 1.82) is 0 Å². The molecule has 0 bridgehead atoms. The van der Waals surface area contributed by atoms with Gasteiger partial charge in [0.05, 0.1) is 10.7 Å². The lowest BCUT2D eigenvalue weighted by molar-refractivity contribution is 0.219. The summed E-state index contributed by atoms with van der Waals surface area (Å²) in [6.07, 6.45) is 1.08. The fraction of sp³-hybridized carbons (Fsp3) is 0.400. The van der Waals surface area contributed by atoms with Crippen LogP contribution in [-0.2, 0) is 6.54 Å². The van der Waals surface area contributed by atoms with Crippen LogP contribution in [0.25, 0.3) is 10.6 Å². The minimum absolute atomic E-state index is 0.290. The van der Waals surface area contributed by atoms with Crippen LogP contribution in [0.3, 0.4) is 0 Å². The number of benzene rings is 1. The highest BCUT2D eigenvalue weighted by Gasteiger charge is 2.22. The van der Waals surface area contributed by atoms with Gasteiger partial charge in [0.15, 0.2) is 0 Å². The van der Waals surface area contributed by atoms with Crippen molar-refractivity contribution in [3.63, 3.8) is 0 Å². The molecule has 0 saturated carbocycles. The van der Waals surface area contributed by atoms with E-state index in [1.807, 2.05) is 24.3 Å². The molecule has 1 unspecified atom stereocenters. The molecule has 1 aromatic carbocycles. The van der Waals surface area contributed by atoms with Gasteiger partial charge in [0.1, 0.15) is 5.01 Å². The molecule has 1 N–H and O–H groups in total. The normalized spacial score (nSPS) is 19.6. The monoisotopic (exact) mass is 308 g/mol. The van der Waals surface area contributed by atoms with Crippen LogP contribution in [0.4, 0.5) is 0 Å². The number of rotatable bonds is 4. The summed E-state index contributed by atoms with van der Waals surface area (Å²) in [6, 6.07) is 7.81. The number of thiazole rings is 1. The summed E-state index contributed by atoms with van der Waals surface area (Å²) in [4.78, 5) is 7.04. The molecular formula is C15H17ClN2OS. The number of aliphatic hydroxyl groups is 1. The molecular weight excluding hydrogens is 292 g/mol. The van der Waals surface area contributed by atoms with E-state index >= 15 is 0 Å². The Kier molecular flexibility index (Phi) is 4.36. The first-order valence-electron chi connectivity index (χ1n) is 6.79. The Labute approximate surface area is 127 Å². The zero-order valence-electron chi connectivity index (χ0n) is 11.1. The van der Waals surface area contributed by atoms with Crippen LogP contribution in [0.2, 0.25) is 5.02 Å². The van der Waals surface area contributed by atoms with Crippen LogP contribution in [0.5, 0.6) is 0 Å². The van der Waals surface area contributed by atoms with E-state index in [2.05, 4.69) is 15.3 Å². The molecule has 0 spiro atoms. The van der Waals surface area contributed by atoms with Crippen molar-refractivity contribution in [3.8, 4) is 10.6 Å². The number of aliphatic hydroxyl groups excluding tert-OH is 1. The molecule has 1 fully saturated rings. The number of aromatic nitrogens is 1. The Morgan fingerprint density at radius 1 is 1.40 bits per heavy atom. The van der Waals surface area contributed by atoms with Gasteiger partial charge in [-0.15, -0.1) is 11.3 Å². The van der Waals surface area contributed by atoms with E-state index in [1.54, 1.807) is 11.3 Å². The van der Waals surface area contributed by atoms with Gasteiger partial charge in [-0.2, -0.15) is 0 Å². The summed E-state index contributed by atoms with van der Waals surface area (Å²) in [6.45, 7) is 3.16. The quantitative estimate of drug-likeness (QED) is 0.941. The average Bonchev–Trinajstić information content (AvgIpc) is 3.09. The van der Waals surface area contributed by atoms with Gasteiger partial charge in [-0.05, 0) is 24.9 Å². The van der Waals surface area contributed by atoms with Gasteiger partial charge in [0.2, 0.25) is 0 Å². The smallest absolute Gasteiger partial charge is 0.125 e. The van der Waals surface area contributed by atoms with Crippen LogP contribution in [0, 0.1) is 5.92 Å². The van der Waals surface area contributed by atoms with Gasteiger partial charge >= 0.3 is 0 Å².